The second kappa shape index (κ2) is 15.4. The summed E-state index contributed by atoms with van der Waals surface area (Å²) < 4.78 is 10.3. The fraction of sp³-hybridized carbons (Fsp3) is 0.538. The van der Waals surface area contributed by atoms with Crippen molar-refractivity contribution < 1.29 is 29.1 Å². The van der Waals surface area contributed by atoms with Gasteiger partial charge >= 0.3 is 11.9 Å². The normalized spacial score (nSPS) is 17.7. The molecule has 1 aromatic carbocycles. The minimum absolute atomic E-state index is 0.0700. The van der Waals surface area contributed by atoms with Gasteiger partial charge in [0.1, 0.15) is 5.76 Å². The zero-order valence-electron chi connectivity index (χ0n) is 20.4. The first kappa shape index (κ1) is 28.6. The van der Waals surface area contributed by atoms with Crippen LogP contribution in [0.25, 0.3) is 0 Å². The van der Waals surface area contributed by atoms with Crippen molar-refractivity contribution in [2.75, 3.05) is 12.9 Å². The fourth-order valence-electron chi connectivity index (χ4n) is 3.76. The van der Waals surface area contributed by atoms with Crippen molar-refractivity contribution in [2.24, 2.45) is 5.92 Å². The molecule has 0 radical (unpaired) electrons. The van der Waals surface area contributed by atoms with Crippen LogP contribution in [-0.4, -0.2) is 40.9 Å². The Morgan fingerprint density at radius 1 is 1.17 bits per heavy atom. The van der Waals surface area contributed by atoms with Gasteiger partial charge in [0.05, 0.1) is 18.1 Å². The molecule has 0 saturated carbocycles. The number of hydrogen-bond donors (Lipinski definition) is 1. The van der Waals surface area contributed by atoms with E-state index in [1.807, 2.05) is 19.1 Å². The van der Waals surface area contributed by atoms with E-state index < -0.39 is 11.0 Å². The van der Waals surface area contributed by atoms with Crippen LogP contribution in [0.15, 0.2) is 47.1 Å². The zero-order valence-corrected chi connectivity index (χ0v) is 21.3. The number of carbonyl (C=O) groups is 2. The maximum atomic E-state index is 12.1. The van der Waals surface area contributed by atoms with Crippen molar-refractivity contribution in [2.45, 2.75) is 70.8 Å². The van der Waals surface area contributed by atoms with Crippen molar-refractivity contribution in [3.8, 4) is 0 Å². The van der Waals surface area contributed by atoms with Crippen molar-refractivity contribution in [1.29, 1.82) is 0 Å². The molecule has 8 nitrogen and oxygen atoms in total. The molecule has 35 heavy (non-hydrogen) atoms. The Hall–Kier alpha value is -2.65. The molecule has 2 rings (SSSR count). The van der Waals surface area contributed by atoms with Crippen molar-refractivity contribution in [1.82, 2.24) is 0 Å². The zero-order chi connectivity index (χ0) is 25.6. The quantitative estimate of drug-likeness (QED) is 0.109. The molecule has 1 aromatic rings. The Kier molecular flexibility index (Phi) is 12.6. The highest BCUT2D eigenvalue weighted by Crippen LogP contribution is 2.41. The maximum absolute atomic E-state index is 12.1. The van der Waals surface area contributed by atoms with Gasteiger partial charge in [-0.1, -0.05) is 37.6 Å². The van der Waals surface area contributed by atoms with Gasteiger partial charge < -0.3 is 14.6 Å². The van der Waals surface area contributed by atoms with Crippen LogP contribution in [0.3, 0.4) is 0 Å². The van der Waals surface area contributed by atoms with Gasteiger partial charge in [-0.25, -0.2) is 0 Å². The highest BCUT2D eigenvalue weighted by Gasteiger charge is 2.34. The standard InChI is InChI=1S/C26H35NO7S/c1-3-9-25(30)34-23-18-22(28)21(26(23)35-17-8-4-5-12-24(29)33-2)11-7-6-10-19-13-15-20(16-14-19)27(31)32/h7,11,13-16,21-22,28H,3-6,8-10,12,17-18H2,1-2H3/b11-7+/t21-,22?/m0/s1. The van der Waals surface area contributed by atoms with E-state index in [0.717, 1.165) is 48.3 Å². The average Bonchev–Trinajstić information content (AvgIpc) is 3.12. The molecule has 1 unspecified atom stereocenters. The van der Waals surface area contributed by atoms with E-state index in [1.165, 1.54) is 19.2 Å². The molecule has 0 spiro atoms. The lowest BCUT2D eigenvalue weighted by atomic mass is 10.0. The monoisotopic (exact) mass is 505 g/mol. The molecule has 1 aliphatic rings. The summed E-state index contributed by atoms with van der Waals surface area (Å²) in [6.45, 7) is 1.92. The smallest absolute Gasteiger partial charge is 0.310 e. The summed E-state index contributed by atoms with van der Waals surface area (Å²) >= 11 is 1.60. The van der Waals surface area contributed by atoms with Gasteiger partial charge in [-0.15, -0.1) is 11.8 Å². The predicted molar refractivity (Wildman–Crippen MR) is 136 cm³/mol. The highest BCUT2D eigenvalue weighted by molar-refractivity contribution is 8.03. The van der Waals surface area contributed by atoms with E-state index in [1.54, 1.807) is 23.9 Å². The lowest BCUT2D eigenvalue weighted by Gasteiger charge is -2.14. The first-order chi connectivity index (χ1) is 16.8. The number of nitrogens with zero attached hydrogens (tertiary/aromatic N) is 1. The Morgan fingerprint density at radius 3 is 2.57 bits per heavy atom. The molecule has 0 aliphatic heterocycles. The molecule has 9 heteroatoms. The van der Waals surface area contributed by atoms with Gasteiger partial charge in [0, 0.05) is 42.2 Å². The van der Waals surface area contributed by atoms with E-state index in [9.17, 15) is 24.8 Å². The van der Waals surface area contributed by atoms with Crippen LogP contribution in [0, 0.1) is 16.0 Å². The van der Waals surface area contributed by atoms with Crippen molar-refractivity contribution in [3.05, 3.63) is 62.8 Å². The Bertz CT molecular complexity index is 911. The number of benzene rings is 1. The van der Waals surface area contributed by atoms with Crippen LogP contribution in [0.2, 0.25) is 0 Å². The van der Waals surface area contributed by atoms with Crippen LogP contribution in [0.4, 0.5) is 5.69 Å². The molecule has 1 N–H and O–H groups in total. The molecular weight excluding hydrogens is 470 g/mol. The van der Waals surface area contributed by atoms with E-state index in [0.29, 0.717) is 31.4 Å². The lowest BCUT2D eigenvalue weighted by molar-refractivity contribution is -0.384. The van der Waals surface area contributed by atoms with Crippen LogP contribution in [0.5, 0.6) is 0 Å². The third-order valence-corrected chi connectivity index (χ3v) is 6.98. The summed E-state index contributed by atoms with van der Waals surface area (Å²) in [5, 5.41) is 21.5. The number of thioether (sulfide) groups is 1. The molecule has 0 amide bonds. The van der Waals surface area contributed by atoms with Crippen LogP contribution >= 0.6 is 11.8 Å². The summed E-state index contributed by atoms with van der Waals surface area (Å²) in [5.41, 5.74) is 1.07. The van der Waals surface area contributed by atoms with Gasteiger partial charge in [0.15, 0.2) is 0 Å². The number of carbonyl (C=O) groups excluding carboxylic acids is 2. The first-order valence-electron chi connectivity index (χ1n) is 12.1. The summed E-state index contributed by atoms with van der Waals surface area (Å²) in [6.07, 6.45) is 9.05. The first-order valence-corrected chi connectivity index (χ1v) is 13.1. The number of aryl methyl sites for hydroxylation is 1. The Labute approximate surface area is 210 Å². The van der Waals surface area contributed by atoms with Gasteiger partial charge in [-0.2, -0.15) is 0 Å². The van der Waals surface area contributed by atoms with Crippen molar-refractivity contribution in [3.63, 3.8) is 0 Å². The number of rotatable bonds is 15. The average molecular weight is 506 g/mol. The molecular formula is C26H35NO7S. The summed E-state index contributed by atoms with van der Waals surface area (Å²) in [5.74, 6) is 0.624. The van der Waals surface area contributed by atoms with Gasteiger partial charge in [0.2, 0.25) is 0 Å². The molecule has 1 aliphatic carbocycles. The fourth-order valence-corrected chi connectivity index (χ4v) is 5.05. The van der Waals surface area contributed by atoms with Crippen LogP contribution < -0.4 is 0 Å². The number of non-ortho nitro benzene ring substituents is 1. The molecule has 0 aromatic heterocycles. The van der Waals surface area contributed by atoms with E-state index in [4.69, 9.17) is 4.74 Å². The largest absolute Gasteiger partial charge is 0.469 e. The van der Waals surface area contributed by atoms with Crippen LogP contribution in [-0.2, 0) is 25.5 Å². The Morgan fingerprint density at radius 2 is 1.91 bits per heavy atom. The van der Waals surface area contributed by atoms with Gasteiger partial charge in [0.25, 0.3) is 5.69 Å². The van der Waals surface area contributed by atoms with E-state index in [-0.39, 0.29) is 23.5 Å². The molecule has 2 atom stereocenters. The van der Waals surface area contributed by atoms with E-state index in [2.05, 4.69) is 4.74 Å². The number of nitro benzene ring substituents is 1. The number of aliphatic hydroxyl groups excluding tert-OH is 1. The molecule has 0 heterocycles. The minimum Gasteiger partial charge on any atom is -0.469 e. The second-order valence-electron chi connectivity index (χ2n) is 8.43. The number of unbranched alkanes of at least 4 members (excludes halogenated alkanes) is 2. The second-order valence-corrected chi connectivity index (χ2v) is 9.57. The highest BCUT2D eigenvalue weighted by atomic mass is 32.2. The summed E-state index contributed by atoms with van der Waals surface area (Å²) in [7, 11) is 1.39. The predicted octanol–water partition coefficient (Wildman–Crippen LogP) is 5.49. The number of nitro groups is 1. The van der Waals surface area contributed by atoms with E-state index >= 15 is 0 Å². The maximum Gasteiger partial charge on any atom is 0.310 e. The van der Waals surface area contributed by atoms with Crippen molar-refractivity contribution >= 4 is 29.4 Å². The third-order valence-electron chi connectivity index (χ3n) is 5.68. The Balaban J connectivity index is 1.96. The molecule has 0 fully saturated rings. The number of allylic oxidation sites excluding steroid dienone is 1. The molecule has 0 bridgehead atoms. The number of hydrogen-bond acceptors (Lipinski definition) is 8. The summed E-state index contributed by atoms with van der Waals surface area (Å²) in [4.78, 5) is 34.6. The minimum atomic E-state index is -0.656. The number of aliphatic hydroxyl groups is 1. The van der Waals surface area contributed by atoms with Crippen LogP contribution in [0.1, 0.15) is 63.9 Å². The molecule has 0 saturated heterocycles. The number of methoxy groups -OCH3 is 1. The number of ether oxygens (including phenoxy) is 2. The topological polar surface area (TPSA) is 116 Å². The molecule has 192 valence electrons. The SMILES string of the molecule is CCCC(=O)OC1=C(SCCCCCC(=O)OC)[C@@H](/C=C/CCc2ccc([N+](=O)[O-])cc2)C(O)C1. The third kappa shape index (κ3) is 9.85. The summed E-state index contributed by atoms with van der Waals surface area (Å²) in [6, 6.07) is 6.50. The number of esters is 2. The van der Waals surface area contributed by atoms with Gasteiger partial charge in [-0.3, -0.25) is 19.7 Å². The van der Waals surface area contributed by atoms with Gasteiger partial charge in [-0.05, 0) is 43.4 Å². The lowest BCUT2D eigenvalue weighted by Crippen LogP contribution is -2.13.